The molecule has 3 N–H and O–H groups in total. The molecule has 1 atom stereocenters. The number of aryl methyl sites for hydroxylation is 1. The van der Waals surface area contributed by atoms with Gasteiger partial charge in [0.15, 0.2) is 0 Å². The van der Waals surface area contributed by atoms with Gasteiger partial charge in [-0.15, -0.1) is 0 Å². The summed E-state index contributed by atoms with van der Waals surface area (Å²) in [6, 6.07) is 5.99. The Kier molecular flexibility index (Phi) is 7.21. The van der Waals surface area contributed by atoms with E-state index in [-0.39, 0.29) is 0 Å². The number of rotatable bonds is 3. The molecular formula is C19H29N3O5. The zero-order chi connectivity index (χ0) is 20.8. The van der Waals surface area contributed by atoms with Gasteiger partial charge in [0.1, 0.15) is 17.2 Å². The van der Waals surface area contributed by atoms with Crippen molar-refractivity contribution < 1.29 is 23.9 Å². The highest BCUT2D eigenvalue weighted by molar-refractivity contribution is 5.88. The van der Waals surface area contributed by atoms with E-state index in [1.165, 1.54) is 0 Å². The number of benzene rings is 1. The Hall–Kier alpha value is -2.77. The summed E-state index contributed by atoms with van der Waals surface area (Å²) < 4.78 is 10.3. The number of nitrogens with one attached hydrogen (secondary N) is 3. The summed E-state index contributed by atoms with van der Waals surface area (Å²) in [5.41, 5.74) is 4.54. The summed E-state index contributed by atoms with van der Waals surface area (Å²) in [6.07, 6.45) is -1.56. The van der Waals surface area contributed by atoms with E-state index in [1.54, 1.807) is 53.7 Å². The van der Waals surface area contributed by atoms with E-state index in [4.69, 9.17) is 9.47 Å². The SMILES string of the molecule is Cc1ccc([C@@H](NC(=O)OC(C)(C)C)C(=O)NNC(=O)OC(C)(C)C)cc1. The molecule has 0 saturated heterocycles. The van der Waals surface area contributed by atoms with Gasteiger partial charge in [-0.2, -0.15) is 0 Å². The first-order valence-electron chi connectivity index (χ1n) is 8.62. The van der Waals surface area contributed by atoms with Crippen LogP contribution in [0.25, 0.3) is 0 Å². The number of amides is 3. The van der Waals surface area contributed by atoms with Crippen LogP contribution in [0.4, 0.5) is 9.59 Å². The van der Waals surface area contributed by atoms with Crippen LogP contribution in [0.3, 0.4) is 0 Å². The lowest BCUT2D eigenvalue weighted by atomic mass is 10.0. The maximum Gasteiger partial charge on any atom is 0.426 e. The van der Waals surface area contributed by atoms with Crippen LogP contribution < -0.4 is 16.2 Å². The van der Waals surface area contributed by atoms with E-state index >= 15 is 0 Å². The number of hydrogen-bond acceptors (Lipinski definition) is 5. The third-order valence-electron chi connectivity index (χ3n) is 3.02. The van der Waals surface area contributed by atoms with Crippen LogP contribution in [0.5, 0.6) is 0 Å². The van der Waals surface area contributed by atoms with Crippen molar-refractivity contribution in [1.82, 2.24) is 16.2 Å². The molecule has 1 rings (SSSR count). The first-order chi connectivity index (χ1) is 12.3. The van der Waals surface area contributed by atoms with E-state index in [0.717, 1.165) is 5.56 Å². The number of carbonyl (C=O) groups is 3. The highest BCUT2D eigenvalue weighted by Crippen LogP contribution is 2.16. The average Bonchev–Trinajstić information content (AvgIpc) is 2.48. The predicted molar refractivity (Wildman–Crippen MR) is 101 cm³/mol. The van der Waals surface area contributed by atoms with Crippen LogP contribution in [-0.2, 0) is 14.3 Å². The normalized spacial score (nSPS) is 12.6. The summed E-state index contributed by atoms with van der Waals surface area (Å²) >= 11 is 0. The molecule has 0 saturated carbocycles. The van der Waals surface area contributed by atoms with Crippen LogP contribution in [0.15, 0.2) is 24.3 Å². The fourth-order valence-electron chi connectivity index (χ4n) is 1.97. The Morgan fingerprint density at radius 3 is 1.78 bits per heavy atom. The number of hydrogen-bond donors (Lipinski definition) is 3. The molecule has 150 valence electrons. The van der Waals surface area contributed by atoms with Crippen molar-refractivity contribution in [1.29, 1.82) is 0 Å². The molecule has 3 amide bonds. The van der Waals surface area contributed by atoms with Crippen molar-refractivity contribution >= 4 is 18.1 Å². The second-order valence-electron chi connectivity index (χ2n) is 8.11. The largest absolute Gasteiger partial charge is 0.444 e. The molecule has 0 heterocycles. The molecule has 8 nitrogen and oxygen atoms in total. The Bertz CT molecular complexity index is 672. The summed E-state index contributed by atoms with van der Waals surface area (Å²) in [6.45, 7) is 12.2. The lowest BCUT2D eigenvalue weighted by molar-refractivity contribution is -0.124. The zero-order valence-corrected chi connectivity index (χ0v) is 16.9. The number of hydrazine groups is 1. The fourth-order valence-corrected chi connectivity index (χ4v) is 1.97. The van der Waals surface area contributed by atoms with Gasteiger partial charge in [-0.05, 0) is 54.0 Å². The second kappa shape index (κ2) is 8.75. The number of alkyl carbamates (subject to hydrolysis) is 1. The molecule has 0 aliphatic heterocycles. The van der Waals surface area contributed by atoms with Crippen LogP contribution in [0.1, 0.15) is 58.7 Å². The summed E-state index contributed by atoms with van der Waals surface area (Å²) in [4.78, 5) is 36.4. The standard InChI is InChI=1S/C19H29N3O5/c1-12-8-10-13(11-9-12)14(20-16(24)26-18(2,3)4)15(23)21-22-17(25)27-19(5,6)7/h8-11,14H,1-7H3,(H,20,24)(H,21,23)(H,22,25)/t14-/m1/s1. The molecular weight excluding hydrogens is 350 g/mol. The molecule has 0 unspecified atom stereocenters. The predicted octanol–water partition coefficient (Wildman–Crippen LogP) is 3.12. The van der Waals surface area contributed by atoms with Gasteiger partial charge in [0.25, 0.3) is 5.91 Å². The van der Waals surface area contributed by atoms with Gasteiger partial charge in [-0.3, -0.25) is 10.2 Å². The molecule has 0 aliphatic rings. The molecule has 0 aliphatic carbocycles. The second-order valence-corrected chi connectivity index (χ2v) is 8.11. The minimum absolute atomic E-state index is 0.537. The van der Waals surface area contributed by atoms with E-state index in [2.05, 4.69) is 16.2 Å². The molecule has 0 fully saturated rings. The third-order valence-corrected chi connectivity index (χ3v) is 3.02. The van der Waals surface area contributed by atoms with Gasteiger partial charge in [0.05, 0.1) is 0 Å². The van der Waals surface area contributed by atoms with Crippen molar-refractivity contribution in [3.63, 3.8) is 0 Å². The van der Waals surface area contributed by atoms with Crippen molar-refractivity contribution in [2.75, 3.05) is 0 Å². The van der Waals surface area contributed by atoms with Crippen molar-refractivity contribution in [3.05, 3.63) is 35.4 Å². The lowest BCUT2D eigenvalue weighted by Crippen LogP contribution is -2.49. The van der Waals surface area contributed by atoms with Gasteiger partial charge < -0.3 is 14.8 Å². The summed E-state index contributed by atoms with van der Waals surface area (Å²) in [7, 11) is 0. The average molecular weight is 379 g/mol. The molecule has 1 aromatic rings. The van der Waals surface area contributed by atoms with Gasteiger partial charge >= 0.3 is 12.2 Å². The topological polar surface area (TPSA) is 106 Å². The van der Waals surface area contributed by atoms with Gasteiger partial charge in [-0.1, -0.05) is 29.8 Å². The van der Waals surface area contributed by atoms with Gasteiger partial charge in [-0.25, -0.2) is 15.0 Å². The summed E-state index contributed by atoms with van der Waals surface area (Å²) in [5.74, 6) is -0.643. The third kappa shape index (κ3) is 8.94. The fraction of sp³-hybridized carbons (Fsp3) is 0.526. The van der Waals surface area contributed by atoms with E-state index in [9.17, 15) is 14.4 Å². The smallest absolute Gasteiger partial charge is 0.426 e. The Morgan fingerprint density at radius 1 is 0.815 bits per heavy atom. The van der Waals surface area contributed by atoms with Crippen molar-refractivity contribution in [3.8, 4) is 0 Å². The quantitative estimate of drug-likeness (QED) is 0.700. The van der Waals surface area contributed by atoms with Crippen molar-refractivity contribution in [2.24, 2.45) is 0 Å². The highest BCUT2D eigenvalue weighted by atomic mass is 16.6. The highest BCUT2D eigenvalue weighted by Gasteiger charge is 2.26. The van der Waals surface area contributed by atoms with Crippen molar-refractivity contribution in [2.45, 2.75) is 65.7 Å². The van der Waals surface area contributed by atoms with Crippen LogP contribution in [0, 0.1) is 6.92 Å². The van der Waals surface area contributed by atoms with E-state index in [1.807, 2.05) is 19.1 Å². The molecule has 0 spiro atoms. The molecule has 1 aromatic carbocycles. The van der Waals surface area contributed by atoms with E-state index < -0.39 is 35.3 Å². The van der Waals surface area contributed by atoms with Gasteiger partial charge in [0, 0.05) is 0 Å². The van der Waals surface area contributed by atoms with Gasteiger partial charge in [0.2, 0.25) is 0 Å². The molecule has 27 heavy (non-hydrogen) atoms. The van der Waals surface area contributed by atoms with E-state index in [0.29, 0.717) is 5.56 Å². The molecule has 8 heteroatoms. The Morgan fingerprint density at radius 2 is 1.30 bits per heavy atom. The lowest BCUT2D eigenvalue weighted by Gasteiger charge is -2.24. The maximum atomic E-state index is 12.5. The Balaban J connectivity index is 2.87. The minimum Gasteiger partial charge on any atom is -0.444 e. The van der Waals surface area contributed by atoms with Crippen LogP contribution in [0.2, 0.25) is 0 Å². The molecule has 0 bridgehead atoms. The zero-order valence-electron chi connectivity index (χ0n) is 16.9. The first-order valence-corrected chi connectivity index (χ1v) is 8.62. The maximum absolute atomic E-state index is 12.5. The Labute approximate surface area is 160 Å². The number of carbonyl (C=O) groups excluding carboxylic acids is 3. The number of ether oxygens (including phenoxy) is 2. The first kappa shape index (κ1) is 22.3. The monoisotopic (exact) mass is 379 g/mol. The molecule has 0 radical (unpaired) electrons. The summed E-state index contributed by atoms with van der Waals surface area (Å²) in [5, 5.41) is 2.52. The van der Waals surface area contributed by atoms with Crippen LogP contribution >= 0.6 is 0 Å². The minimum atomic E-state index is -1.06. The van der Waals surface area contributed by atoms with Crippen LogP contribution in [-0.4, -0.2) is 29.3 Å². The molecule has 0 aromatic heterocycles.